The van der Waals surface area contributed by atoms with Crippen LogP contribution in [0.4, 0.5) is 0 Å². The van der Waals surface area contributed by atoms with Crippen molar-refractivity contribution in [2.24, 2.45) is 0 Å². The number of aliphatic hydroxyl groups is 5. The van der Waals surface area contributed by atoms with Crippen LogP contribution in [-0.4, -0.2) is 99.6 Å². The minimum absolute atomic E-state index is 0.109. The van der Waals surface area contributed by atoms with Crippen LogP contribution < -0.4 is 5.32 Å². The van der Waals surface area contributed by atoms with Gasteiger partial charge in [0.1, 0.15) is 24.4 Å². The summed E-state index contributed by atoms with van der Waals surface area (Å²) in [6.45, 7) is 5.67. The van der Waals surface area contributed by atoms with E-state index in [2.05, 4.69) is 86.8 Å². The molecule has 1 aliphatic rings. The molecular formula is C66H117NO10. The highest BCUT2D eigenvalue weighted by molar-refractivity contribution is 5.80. The molecule has 1 saturated heterocycles. The summed E-state index contributed by atoms with van der Waals surface area (Å²) in [5.41, 5.74) is 0. The maximum atomic E-state index is 13.4. The van der Waals surface area contributed by atoms with E-state index >= 15 is 0 Å². The molecule has 0 aromatic heterocycles. The first-order chi connectivity index (χ1) is 37.7. The molecule has 0 aromatic carbocycles. The number of hydrogen-bond acceptors (Lipinski definition) is 10. The summed E-state index contributed by atoms with van der Waals surface area (Å²) < 4.78 is 17.6. The van der Waals surface area contributed by atoms with Crippen molar-refractivity contribution in [3.05, 3.63) is 72.9 Å². The molecule has 1 heterocycles. The molecule has 0 bridgehead atoms. The van der Waals surface area contributed by atoms with Gasteiger partial charge in [0.15, 0.2) is 12.4 Å². The summed E-state index contributed by atoms with van der Waals surface area (Å²) >= 11 is 0. The lowest BCUT2D eigenvalue weighted by atomic mass is 9.99. The number of allylic oxidation sites excluding steroid dienone is 11. The van der Waals surface area contributed by atoms with E-state index in [1.54, 1.807) is 6.08 Å². The summed E-state index contributed by atoms with van der Waals surface area (Å²) in [5.74, 6) is -1.20. The third-order valence-electron chi connectivity index (χ3n) is 14.6. The molecule has 0 aliphatic carbocycles. The predicted molar refractivity (Wildman–Crippen MR) is 319 cm³/mol. The average molecular weight is 1080 g/mol. The van der Waals surface area contributed by atoms with Gasteiger partial charge in [-0.2, -0.15) is 0 Å². The number of rotatable bonds is 53. The summed E-state index contributed by atoms with van der Waals surface area (Å²) in [7, 11) is 0. The third-order valence-corrected chi connectivity index (χ3v) is 14.6. The number of carbonyl (C=O) groups is 2. The summed E-state index contributed by atoms with van der Waals surface area (Å²) in [4.78, 5) is 26.5. The molecule has 11 nitrogen and oxygen atoms in total. The van der Waals surface area contributed by atoms with Crippen LogP contribution in [0.1, 0.15) is 271 Å². The van der Waals surface area contributed by atoms with Crippen molar-refractivity contribution in [1.29, 1.82) is 0 Å². The Balaban J connectivity index is 2.63. The Morgan fingerprint density at radius 1 is 0.519 bits per heavy atom. The molecule has 8 atom stereocenters. The summed E-state index contributed by atoms with van der Waals surface area (Å²) in [6, 6.07) is -1.03. The topological polar surface area (TPSA) is 175 Å². The van der Waals surface area contributed by atoms with Gasteiger partial charge in [-0.3, -0.25) is 9.59 Å². The van der Waals surface area contributed by atoms with Crippen LogP contribution in [0, 0.1) is 0 Å². The molecule has 1 amide bonds. The summed E-state index contributed by atoms with van der Waals surface area (Å²) in [6.07, 6.45) is 57.9. The maximum absolute atomic E-state index is 13.4. The Kier molecular flexibility index (Phi) is 50.3. The molecule has 1 fully saturated rings. The fourth-order valence-electron chi connectivity index (χ4n) is 9.62. The Morgan fingerprint density at radius 2 is 0.935 bits per heavy atom. The second-order valence-corrected chi connectivity index (χ2v) is 21.8. The number of esters is 1. The van der Waals surface area contributed by atoms with E-state index in [0.29, 0.717) is 19.3 Å². The van der Waals surface area contributed by atoms with Gasteiger partial charge in [-0.15, -0.1) is 0 Å². The zero-order valence-electron chi connectivity index (χ0n) is 49.3. The second kappa shape index (κ2) is 53.7. The van der Waals surface area contributed by atoms with E-state index in [1.807, 2.05) is 6.08 Å². The van der Waals surface area contributed by atoms with E-state index in [1.165, 1.54) is 109 Å². The Labute approximate surface area is 471 Å². The minimum atomic E-state index is -1.62. The van der Waals surface area contributed by atoms with Gasteiger partial charge in [-0.05, 0) is 70.6 Å². The van der Waals surface area contributed by atoms with Crippen molar-refractivity contribution in [3.63, 3.8) is 0 Å². The van der Waals surface area contributed by atoms with Crippen molar-refractivity contribution < 1.29 is 49.3 Å². The standard InChI is InChI=1S/C66H117NO10/c1-4-7-10-13-16-19-22-24-26-27-28-29-30-31-32-33-34-36-39-42-45-48-51-54-61(71)77-64-63(73)62(72)60(55-68)76-66(64)75-56-57(58(69)52-49-46-43-40-37-21-18-15-12-9-6-3)67-65(74)59(70)53-50-47-44-41-38-35-25-23-20-17-14-11-8-5-2/h7,10,16,19,24,26,28-29,31-32,49,52,57-60,62-64,66,68-70,72-73H,4-6,8-9,11-15,17-18,20-23,25,27,30,33-48,50-51,53-56H2,1-3H3,(H,67,74)/b10-7-,19-16-,26-24-,29-28-,32-31-,52-49+. The fraction of sp³-hybridized carbons (Fsp3) is 0.788. The van der Waals surface area contributed by atoms with Gasteiger partial charge in [-0.25, -0.2) is 0 Å². The third kappa shape index (κ3) is 41.7. The van der Waals surface area contributed by atoms with Gasteiger partial charge in [0, 0.05) is 6.42 Å². The quantitative estimate of drug-likeness (QED) is 0.0195. The lowest BCUT2D eigenvalue weighted by Gasteiger charge is -2.41. The highest BCUT2D eigenvalue weighted by Gasteiger charge is 2.47. The zero-order chi connectivity index (χ0) is 56.1. The molecule has 6 N–H and O–H groups in total. The van der Waals surface area contributed by atoms with Crippen LogP contribution in [0.2, 0.25) is 0 Å². The molecular weight excluding hydrogens is 967 g/mol. The smallest absolute Gasteiger partial charge is 0.306 e. The Hall–Kier alpha value is -2.90. The van der Waals surface area contributed by atoms with Gasteiger partial charge < -0.3 is 45.1 Å². The molecule has 77 heavy (non-hydrogen) atoms. The van der Waals surface area contributed by atoms with Gasteiger partial charge in [-0.1, -0.05) is 267 Å². The zero-order valence-corrected chi connectivity index (χ0v) is 49.3. The number of aliphatic hydroxyl groups excluding tert-OH is 5. The normalized spacial score (nSPS) is 19.5. The van der Waals surface area contributed by atoms with E-state index in [9.17, 15) is 35.1 Å². The van der Waals surface area contributed by atoms with Crippen LogP contribution in [0.15, 0.2) is 72.9 Å². The molecule has 8 unspecified atom stereocenters. The largest absolute Gasteiger partial charge is 0.454 e. The lowest BCUT2D eigenvalue weighted by Crippen LogP contribution is -2.61. The van der Waals surface area contributed by atoms with Crippen LogP contribution in [-0.2, 0) is 23.8 Å². The summed E-state index contributed by atoms with van der Waals surface area (Å²) in [5, 5.41) is 57.0. The molecule has 1 aliphatic heterocycles. The monoisotopic (exact) mass is 1080 g/mol. The Morgan fingerprint density at radius 3 is 1.40 bits per heavy atom. The van der Waals surface area contributed by atoms with E-state index in [4.69, 9.17) is 14.2 Å². The minimum Gasteiger partial charge on any atom is -0.454 e. The lowest BCUT2D eigenvalue weighted by molar-refractivity contribution is -0.305. The van der Waals surface area contributed by atoms with Crippen LogP contribution in [0.25, 0.3) is 0 Å². The van der Waals surface area contributed by atoms with Crippen LogP contribution >= 0.6 is 0 Å². The Bertz CT molecular complexity index is 1530. The van der Waals surface area contributed by atoms with Gasteiger partial charge in [0.2, 0.25) is 5.91 Å². The van der Waals surface area contributed by atoms with Crippen LogP contribution in [0.5, 0.6) is 0 Å². The van der Waals surface area contributed by atoms with E-state index < -0.39 is 67.4 Å². The molecule has 11 heteroatoms. The number of nitrogens with one attached hydrogen (secondary N) is 1. The van der Waals surface area contributed by atoms with Gasteiger partial charge in [0.05, 0.1) is 25.4 Å². The van der Waals surface area contributed by atoms with Crippen molar-refractivity contribution >= 4 is 11.9 Å². The van der Waals surface area contributed by atoms with Crippen molar-refractivity contribution in [2.45, 2.75) is 320 Å². The van der Waals surface area contributed by atoms with Crippen molar-refractivity contribution in [3.8, 4) is 0 Å². The highest BCUT2D eigenvalue weighted by Crippen LogP contribution is 2.26. The number of amides is 1. The first kappa shape index (κ1) is 72.1. The number of carbonyl (C=O) groups excluding carboxylic acids is 2. The van der Waals surface area contributed by atoms with Gasteiger partial charge >= 0.3 is 5.97 Å². The maximum Gasteiger partial charge on any atom is 0.306 e. The average Bonchev–Trinajstić information content (AvgIpc) is 3.43. The van der Waals surface area contributed by atoms with E-state index in [-0.39, 0.29) is 13.0 Å². The van der Waals surface area contributed by atoms with Crippen LogP contribution in [0.3, 0.4) is 0 Å². The first-order valence-corrected chi connectivity index (χ1v) is 31.7. The number of ether oxygens (including phenoxy) is 3. The molecule has 0 radical (unpaired) electrons. The van der Waals surface area contributed by atoms with Crippen molar-refractivity contribution in [2.75, 3.05) is 13.2 Å². The first-order valence-electron chi connectivity index (χ1n) is 31.7. The predicted octanol–water partition coefficient (Wildman–Crippen LogP) is 15.2. The highest BCUT2D eigenvalue weighted by atomic mass is 16.7. The van der Waals surface area contributed by atoms with Gasteiger partial charge in [0.25, 0.3) is 0 Å². The SMILES string of the molecule is CC/C=C\C/C=C\C/C=C\C/C=C\C/C=C\CCCCCCCCCC(=O)OC1C(OCC(NC(=O)C(O)CCCCCCCCCCCCCCCC)C(O)/C=C/CCCCCCCCCCC)OC(CO)C(O)C1O. The molecule has 0 aromatic rings. The number of unbranched alkanes of at least 4 members (excludes halogenated alkanes) is 29. The molecule has 446 valence electrons. The molecule has 0 saturated carbocycles. The molecule has 0 spiro atoms. The number of hydrogen-bond donors (Lipinski definition) is 6. The fourth-order valence-corrected chi connectivity index (χ4v) is 9.62. The second-order valence-electron chi connectivity index (χ2n) is 21.8. The molecule has 1 rings (SSSR count). The van der Waals surface area contributed by atoms with E-state index in [0.717, 1.165) is 116 Å². The van der Waals surface area contributed by atoms with Crippen molar-refractivity contribution in [1.82, 2.24) is 5.32 Å².